The molecule has 0 bridgehead atoms. The Morgan fingerprint density at radius 3 is 2.60 bits per heavy atom. The van der Waals surface area contributed by atoms with Crippen molar-refractivity contribution in [1.29, 1.82) is 0 Å². The first kappa shape index (κ1) is 9.63. The van der Waals surface area contributed by atoms with E-state index in [1.54, 1.807) is 6.07 Å². The molecule has 0 radical (unpaired) electrons. The second-order valence-corrected chi connectivity index (χ2v) is 4.22. The third-order valence-corrected chi connectivity index (χ3v) is 2.89. The van der Waals surface area contributed by atoms with E-state index >= 15 is 0 Å². The van der Waals surface area contributed by atoms with Gasteiger partial charge in [0.15, 0.2) is 0 Å². The van der Waals surface area contributed by atoms with Crippen molar-refractivity contribution in [2.24, 2.45) is 0 Å². The van der Waals surface area contributed by atoms with E-state index in [-0.39, 0.29) is 17.0 Å². The highest BCUT2D eigenvalue weighted by atomic mass is 19.1. The maximum atomic E-state index is 13.5. The zero-order valence-electron chi connectivity index (χ0n) is 14.6. The fourth-order valence-corrected chi connectivity index (χ4v) is 1.76. The number of hydrogen-bond acceptors (Lipinski definition) is 3. The monoisotopic (exact) mass is 282 g/mol. The van der Waals surface area contributed by atoms with Crippen molar-refractivity contribution in [2.75, 3.05) is 0 Å². The van der Waals surface area contributed by atoms with Crippen molar-refractivity contribution >= 4 is 17.7 Å². The third kappa shape index (κ3) is 2.84. The van der Waals surface area contributed by atoms with Gasteiger partial charge in [-0.05, 0) is 13.0 Å². The molecular weight excluding hydrogens is 263 g/mol. The number of nitrogens with zero attached hydrogens (tertiary/aromatic N) is 1. The second kappa shape index (κ2) is 5.81. The van der Waals surface area contributed by atoms with Crippen LogP contribution in [0.1, 0.15) is 30.7 Å². The number of amides is 3. The molecule has 0 aromatic heterocycles. The normalized spacial score (nSPS) is 24.4. The van der Waals surface area contributed by atoms with Gasteiger partial charge in [-0.25, -0.2) is 4.39 Å². The summed E-state index contributed by atoms with van der Waals surface area (Å²) in [6.07, 6.45) is -6.10. The van der Waals surface area contributed by atoms with Crippen LogP contribution in [-0.2, 0) is 20.9 Å². The molecule has 2 rings (SSSR count). The molecule has 3 amide bonds. The summed E-state index contributed by atoms with van der Waals surface area (Å²) in [5, 5.41) is 2.34. The lowest BCUT2D eigenvalue weighted by Gasteiger charge is -2.21. The minimum Gasteiger partial charge on any atom is -0.350 e. The van der Waals surface area contributed by atoms with Crippen LogP contribution in [0.25, 0.3) is 0 Å². The molecule has 1 aromatic rings. The fourth-order valence-electron chi connectivity index (χ4n) is 1.76. The Hall–Kier alpha value is -2.24. The largest absolute Gasteiger partial charge is 0.350 e. The predicted octanol–water partition coefficient (Wildman–Crippen LogP) is 0.979. The van der Waals surface area contributed by atoms with Gasteiger partial charge < -0.3 is 5.32 Å². The lowest BCUT2D eigenvalue weighted by molar-refractivity contribution is -0.146. The zero-order chi connectivity index (χ0) is 18.3. The van der Waals surface area contributed by atoms with Crippen molar-refractivity contribution < 1.29 is 24.3 Å². The van der Waals surface area contributed by atoms with Gasteiger partial charge in [0.2, 0.25) is 17.7 Å². The summed E-state index contributed by atoms with van der Waals surface area (Å²) in [5.74, 6) is -4.18. The Balaban J connectivity index is 2.13. The molecule has 5 nitrogen and oxygen atoms in total. The van der Waals surface area contributed by atoms with Crippen LogP contribution in [-0.4, -0.2) is 28.7 Å². The minimum absolute atomic E-state index is 0.189. The Kier molecular flexibility index (Phi) is 2.80. The molecule has 20 heavy (non-hydrogen) atoms. The van der Waals surface area contributed by atoms with E-state index in [4.69, 9.17) is 5.48 Å². The van der Waals surface area contributed by atoms with Crippen molar-refractivity contribution in [1.82, 2.24) is 10.2 Å². The molecule has 0 aliphatic carbocycles. The van der Waals surface area contributed by atoms with Gasteiger partial charge in [0, 0.05) is 30.3 Å². The van der Waals surface area contributed by atoms with Gasteiger partial charge in [-0.3, -0.25) is 19.3 Å². The van der Waals surface area contributed by atoms with Crippen LogP contribution in [0.4, 0.5) is 4.39 Å². The molecule has 0 unspecified atom stereocenters. The highest BCUT2D eigenvalue weighted by Crippen LogP contribution is 2.15. The molecule has 1 N–H and O–H groups in total. The topological polar surface area (TPSA) is 66.5 Å². The zero-order valence-corrected chi connectivity index (χ0v) is 10.6. The number of carbonyl (C=O) groups is 3. The summed E-state index contributed by atoms with van der Waals surface area (Å²) in [6.45, 7) is 0.982. The Morgan fingerprint density at radius 2 is 2.00 bits per heavy atom. The number of imide groups is 1. The summed E-state index contributed by atoms with van der Waals surface area (Å²) in [6, 6.07) is 4.29. The van der Waals surface area contributed by atoms with Gasteiger partial charge in [-0.1, -0.05) is 18.2 Å². The predicted molar refractivity (Wildman–Crippen MR) is 68.8 cm³/mol. The Morgan fingerprint density at radius 1 is 1.40 bits per heavy atom. The SMILES string of the molecule is [2H]C1([2H])C(=O)N([C@@H](C)C(=O)NCc2ccccc2F)C(=O)C1([2H])[2H]. The van der Waals surface area contributed by atoms with E-state index in [0.29, 0.717) is 0 Å². The van der Waals surface area contributed by atoms with Crippen LogP contribution in [0.2, 0.25) is 0 Å². The van der Waals surface area contributed by atoms with Crippen LogP contribution in [0.5, 0.6) is 0 Å². The van der Waals surface area contributed by atoms with Gasteiger partial charge in [0.25, 0.3) is 0 Å². The van der Waals surface area contributed by atoms with E-state index in [2.05, 4.69) is 5.32 Å². The van der Waals surface area contributed by atoms with Crippen molar-refractivity contribution in [3.63, 3.8) is 0 Å². The lowest BCUT2D eigenvalue weighted by Crippen LogP contribution is -2.47. The molecule has 1 aromatic carbocycles. The quantitative estimate of drug-likeness (QED) is 0.837. The minimum atomic E-state index is -3.05. The molecule has 0 saturated carbocycles. The average Bonchev–Trinajstić information content (AvgIpc) is 2.63. The molecule has 106 valence electrons. The van der Waals surface area contributed by atoms with Crippen LogP contribution in [0.3, 0.4) is 0 Å². The Labute approximate surface area is 121 Å². The third-order valence-electron chi connectivity index (χ3n) is 2.89. The van der Waals surface area contributed by atoms with E-state index in [1.165, 1.54) is 25.1 Å². The first-order valence-electron chi connectivity index (χ1n) is 7.91. The van der Waals surface area contributed by atoms with Crippen LogP contribution >= 0.6 is 0 Å². The highest BCUT2D eigenvalue weighted by Gasteiger charge is 2.35. The molecule has 1 heterocycles. The maximum absolute atomic E-state index is 13.5. The average molecular weight is 282 g/mol. The number of rotatable bonds is 4. The number of hydrogen-bond donors (Lipinski definition) is 1. The van der Waals surface area contributed by atoms with Gasteiger partial charge in [-0.2, -0.15) is 0 Å². The van der Waals surface area contributed by atoms with Crippen LogP contribution in [0.15, 0.2) is 24.3 Å². The number of likely N-dealkylation sites (tertiary alicyclic amines) is 1. The van der Waals surface area contributed by atoms with Gasteiger partial charge in [0.1, 0.15) is 11.9 Å². The molecule has 1 fully saturated rings. The highest BCUT2D eigenvalue weighted by molar-refractivity contribution is 6.05. The van der Waals surface area contributed by atoms with E-state index in [0.717, 1.165) is 0 Å². The lowest BCUT2D eigenvalue weighted by atomic mass is 10.2. The number of benzene rings is 1. The molecule has 6 heteroatoms. The van der Waals surface area contributed by atoms with E-state index < -0.39 is 42.3 Å². The maximum Gasteiger partial charge on any atom is 0.243 e. The molecule has 1 aliphatic heterocycles. The van der Waals surface area contributed by atoms with E-state index in [9.17, 15) is 18.8 Å². The summed E-state index contributed by atoms with van der Waals surface area (Å²) in [4.78, 5) is 36.3. The molecule has 0 spiro atoms. The van der Waals surface area contributed by atoms with Gasteiger partial charge in [0.05, 0.1) is 0 Å². The fraction of sp³-hybridized carbons (Fsp3) is 0.357. The van der Waals surface area contributed by atoms with E-state index in [1.807, 2.05) is 0 Å². The van der Waals surface area contributed by atoms with Gasteiger partial charge in [-0.15, -0.1) is 0 Å². The molecule has 1 saturated heterocycles. The number of nitrogens with one attached hydrogen (secondary N) is 1. The summed E-state index contributed by atoms with van der Waals surface area (Å²) in [5.41, 5.74) is 0.197. The van der Waals surface area contributed by atoms with Crippen LogP contribution in [0, 0.1) is 5.82 Å². The molecule has 1 aliphatic rings. The molecular formula is C14H15FN2O3. The van der Waals surface area contributed by atoms with Gasteiger partial charge >= 0.3 is 0 Å². The summed E-state index contributed by atoms with van der Waals surface area (Å²) in [7, 11) is 0. The van der Waals surface area contributed by atoms with Crippen molar-refractivity contribution in [3.8, 4) is 0 Å². The smallest absolute Gasteiger partial charge is 0.243 e. The van der Waals surface area contributed by atoms with Crippen molar-refractivity contribution in [2.45, 2.75) is 32.3 Å². The molecule has 1 atom stereocenters. The number of carbonyl (C=O) groups excluding carboxylic acids is 3. The second-order valence-electron chi connectivity index (χ2n) is 4.22. The van der Waals surface area contributed by atoms with Crippen LogP contribution < -0.4 is 5.32 Å². The summed E-state index contributed by atoms with van der Waals surface area (Å²) < 4.78 is 43.3. The summed E-state index contributed by atoms with van der Waals surface area (Å²) >= 11 is 0. The number of halogens is 1. The first-order valence-corrected chi connectivity index (χ1v) is 5.91. The van der Waals surface area contributed by atoms with Crippen molar-refractivity contribution in [3.05, 3.63) is 35.6 Å². The standard InChI is InChI=1S/C14H15FN2O3/c1-9(17-12(18)6-7-13(17)19)14(20)16-8-10-4-2-3-5-11(10)15/h2-5,9H,6-8H2,1H3,(H,16,20)/t9-/m0/s1/i6D2,7D2. The Bertz CT molecular complexity index is 685. The first-order chi connectivity index (χ1) is 11.0.